The van der Waals surface area contributed by atoms with Gasteiger partial charge in [-0.2, -0.15) is 0 Å². The van der Waals surface area contributed by atoms with Crippen molar-refractivity contribution in [2.45, 2.75) is 6.92 Å². The number of rotatable bonds is 5. The Morgan fingerprint density at radius 1 is 1.15 bits per heavy atom. The van der Waals surface area contributed by atoms with Crippen molar-refractivity contribution in [3.05, 3.63) is 69.8 Å². The molecule has 140 valence electrons. The number of aryl methyl sites for hydroxylation is 1. The molecule has 2 rings (SSSR count). The molecule has 0 saturated heterocycles. The minimum atomic E-state index is -0.773. The van der Waals surface area contributed by atoms with Crippen LogP contribution in [-0.4, -0.2) is 28.5 Å². The number of carbonyl (C=O) groups is 2. The van der Waals surface area contributed by atoms with Crippen molar-refractivity contribution in [3.8, 4) is 5.75 Å². The summed E-state index contributed by atoms with van der Waals surface area (Å²) < 4.78 is 5.32. The van der Waals surface area contributed by atoms with E-state index < -0.39 is 16.7 Å². The fourth-order valence-electron chi connectivity index (χ4n) is 2.04. The Labute approximate surface area is 159 Å². The summed E-state index contributed by atoms with van der Waals surface area (Å²) in [7, 11) is 0. The number of para-hydroxylation sites is 1. The minimum absolute atomic E-state index is 0.152. The number of nitrogens with one attached hydrogen (secondary N) is 3. The average Bonchev–Trinajstić information content (AvgIpc) is 2.64. The maximum atomic E-state index is 12.1. The molecule has 0 aliphatic rings. The van der Waals surface area contributed by atoms with E-state index in [1.54, 1.807) is 18.2 Å². The zero-order valence-corrected chi connectivity index (χ0v) is 15.0. The molecule has 0 heterocycles. The first-order valence-corrected chi connectivity index (χ1v) is 8.10. The zero-order chi connectivity index (χ0) is 19.8. The SMILES string of the molecule is Cc1cccc(OCC(=O)NNC(=S)NC(=O)c2ccccc2[N+](=O)[O-])c1. The molecule has 0 saturated carbocycles. The molecular formula is C17H16N4O5S. The highest BCUT2D eigenvalue weighted by Gasteiger charge is 2.19. The van der Waals surface area contributed by atoms with Crippen LogP contribution >= 0.6 is 12.2 Å². The van der Waals surface area contributed by atoms with Gasteiger partial charge < -0.3 is 4.74 Å². The first kappa shape index (κ1) is 19.8. The molecule has 2 aromatic rings. The minimum Gasteiger partial charge on any atom is -0.484 e. The molecule has 0 radical (unpaired) electrons. The fraction of sp³-hybridized carbons (Fsp3) is 0.118. The van der Waals surface area contributed by atoms with Gasteiger partial charge in [0.05, 0.1) is 4.92 Å². The van der Waals surface area contributed by atoms with Gasteiger partial charge in [-0.05, 0) is 42.9 Å². The van der Waals surface area contributed by atoms with E-state index in [-0.39, 0.29) is 23.0 Å². The van der Waals surface area contributed by atoms with Crippen molar-refractivity contribution in [2.75, 3.05) is 6.61 Å². The summed E-state index contributed by atoms with van der Waals surface area (Å²) in [6.07, 6.45) is 0. The average molecular weight is 388 g/mol. The van der Waals surface area contributed by atoms with Crippen molar-refractivity contribution < 1.29 is 19.2 Å². The van der Waals surface area contributed by atoms with Crippen LogP contribution in [0.25, 0.3) is 0 Å². The lowest BCUT2D eigenvalue weighted by molar-refractivity contribution is -0.385. The number of benzene rings is 2. The third-order valence-corrected chi connectivity index (χ3v) is 3.45. The van der Waals surface area contributed by atoms with E-state index in [1.807, 2.05) is 13.0 Å². The number of hydrogen-bond acceptors (Lipinski definition) is 6. The molecule has 3 N–H and O–H groups in total. The molecule has 0 aromatic heterocycles. The van der Waals surface area contributed by atoms with E-state index in [9.17, 15) is 19.7 Å². The Morgan fingerprint density at radius 2 is 1.89 bits per heavy atom. The van der Waals surface area contributed by atoms with Gasteiger partial charge in [0.15, 0.2) is 11.7 Å². The third-order valence-electron chi connectivity index (χ3n) is 3.25. The second-order valence-corrected chi connectivity index (χ2v) is 5.74. The molecule has 0 atom stereocenters. The van der Waals surface area contributed by atoms with Crippen molar-refractivity contribution in [3.63, 3.8) is 0 Å². The summed E-state index contributed by atoms with van der Waals surface area (Å²) in [6, 6.07) is 12.6. The predicted molar refractivity (Wildman–Crippen MR) is 101 cm³/mol. The van der Waals surface area contributed by atoms with E-state index in [1.165, 1.54) is 24.3 Å². The highest BCUT2D eigenvalue weighted by molar-refractivity contribution is 7.80. The second kappa shape index (κ2) is 9.25. The van der Waals surface area contributed by atoms with Crippen LogP contribution < -0.4 is 20.9 Å². The van der Waals surface area contributed by atoms with Gasteiger partial charge in [0.2, 0.25) is 0 Å². The smallest absolute Gasteiger partial charge is 0.282 e. The van der Waals surface area contributed by atoms with Gasteiger partial charge in [0, 0.05) is 6.07 Å². The van der Waals surface area contributed by atoms with Crippen molar-refractivity contribution in [1.82, 2.24) is 16.2 Å². The van der Waals surface area contributed by atoms with Gasteiger partial charge in [-0.15, -0.1) is 0 Å². The van der Waals surface area contributed by atoms with Crippen LogP contribution in [0.15, 0.2) is 48.5 Å². The second-order valence-electron chi connectivity index (χ2n) is 5.34. The predicted octanol–water partition coefficient (Wildman–Crippen LogP) is 1.62. The number of nitro benzene ring substituents is 1. The van der Waals surface area contributed by atoms with E-state index in [0.717, 1.165) is 5.56 Å². The van der Waals surface area contributed by atoms with Gasteiger partial charge in [-0.3, -0.25) is 35.9 Å². The number of nitro groups is 1. The van der Waals surface area contributed by atoms with Gasteiger partial charge in [-0.25, -0.2) is 0 Å². The summed E-state index contributed by atoms with van der Waals surface area (Å²) in [5.41, 5.74) is 5.07. The molecule has 0 bridgehead atoms. The van der Waals surface area contributed by atoms with Crippen molar-refractivity contribution >= 4 is 34.8 Å². The largest absolute Gasteiger partial charge is 0.484 e. The van der Waals surface area contributed by atoms with Gasteiger partial charge in [0.1, 0.15) is 11.3 Å². The summed E-state index contributed by atoms with van der Waals surface area (Å²) in [5.74, 6) is -0.763. The molecule has 0 spiro atoms. The monoisotopic (exact) mass is 388 g/mol. The first-order valence-electron chi connectivity index (χ1n) is 7.70. The van der Waals surface area contributed by atoms with E-state index >= 15 is 0 Å². The standard InChI is InChI=1S/C17H16N4O5S/c1-11-5-4-6-12(9-11)26-10-15(22)19-20-17(27)18-16(23)13-7-2-3-8-14(13)21(24)25/h2-9H,10H2,1H3,(H,19,22)(H2,18,20,23,27). The van der Waals surface area contributed by atoms with Crippen LogP contribution in [0.3, 0.4) is 0 Å². The summed E-state index contributed by atoms with van der Waals surface area (Å²) >= 11 is 4.88. The van der Waals surface area contributed by atoms with Crippen molar-refractivity contribution in [2.24, 2.45) is 0 Å². The topological polar surface area (TPSA) is 123 Å². The number of hydrogen-bond donors (Lipinski definition) is 3. The lowest BCUT2D eigenvalue weighted by Gasteiger charge is -2.11. The number of ether oxygens (including phenoxy) is 1. The van der Waals surface area contributed by atoms with E-state index in [4.69, 9.17) is 17.0 Å². The normalized spacial score (nSPS) is 9.81. The lowest BCUT2D eigenvalue weighted by atomic mass is 10.1. The van der Waals surface area contributed by atoms with E-state index in [0.29, 0.717) is 5.75 Å². The molecule has 9 nitrogen and oxygen atoms in total. The van der Waals surface area contributed by atoms with Crippen molar-refractivity contribution in [1.29, 1.82) is 0 Å². The number of hydrazine groups is 1. The first-order chi connectivity index (χ1) is 12.9. The quantitative estimate of drug-likeness (QED) is 0.404. The summed E-state index contributed by atoms with van der Waals surface area (Å²) in [4.78, 5) is 34.1. The Balaban J connectivity index is 1.81. The number of thiocarbonyl (C=S) groups is 1. The maximum absolute atomic E-state index is 12.1. The Kier molecular flexibility index (Phi) is 6.78. The molecule has 0 aliphatic carbocycles. The van der Waals surface area contributed by atoms with Crippen LogP contribution in [0.5, 0.6) is 5.75 Å². The molecule has 0 aliphatic heterocycles. The van der Waals surface area contributed by atoms with Gasteiger partial charge in [0.25, 0.3) is 17.5 Å². The number of carbonyl (C=O) groups excluding carboxylic acids is 2. The van der Waals surface area contributed by atoms with Crippen LogP contribution in [0.1, 0.15) is 15.9 Å². The fourth-order valence-corrected chi connectivity index (χ4v) is 2.19. The molecule has 2 amide bonds. The molecular weight excluding hydrogens is 372 g/mol. The lowest BCUT2D eigenvalue weighted by Crippen LogP contribution is -2.49. The molecule has 2 aromatic carbocycles. The molecule has 0 unspecified atom stereocenters. The number of nitrogens with zero attached hydrogens (tertiary/aromatic N) is 1. The maximum Gasteiger partial charge on any atom is 0.282 e. The van der Waals surface area contributed by atoms with Gasteiger partial charge in [-0.1, -0.05) is 24.3 Å². The zero-order valence-electron chi connectivity index (χ0n) is 14.2. The van der Waals surface area contributed by atoms with Gasteiger partial charge >= 0.3 is 0 Å². The van der Waals surface area contributed by atoms with Crippen LogP contribution in [-0.2, 0) is 4.79 Å². The van der Waals surface area contributed by atoms with Crippen LogP contribution in [0, 0.1) is 17.0 Å². The Morgan fingerprint density at radius 3 is 2.59 bits per heavy atom. The van der Waals surface area contributed by atoms with E-state index in [2.05, 4.69) is 16.2 Å². The molecule has 0 fully saturated rings. The Hall–Kier alpha value is -3.53. The summed E-state index contributed by atoms with van der Waals surface area (Å²) in [5, 5.41) is 13.0. The molecule has 10 heteroatoms. The van der Waals surface area contributed by atoms with Crippen LogP contribution in [0.2, 0.25) is 0 Å². The summed E-state index contributed by atoms with van der Waals surface area (Å²) in [6.45, 7) is 1.63. The Bertz CT molecular complexity index is 887. The number of amides is 2. The highest BCUT2D eigenvalue weighted by Crippen LogP contribution is 2.17. The highest BCUT2D eigenvalue weighted by atomic mass is 32.1. The molecule has 27 heavy (non-hydrogen) atoms. The third kappa shape index (κ3) is 6.04. The van der Waals surface area contributed by atoms with Crippen LogP contribution in [0.4, 0.5) is 5.69 Å².